The van der Waals surface area contributed by atoms with Crippen molar-refractivity contribution in [3.05, 3.63) is 68.1 Å². The Hall–Kier alpha value is -0.830. The maximum atomic E-state index is 6.48. The van der Waals surface area contributed by atoms with E-state index in [1.165, 1.54) is 16.7 Å². The van der Waals surface area contributed by atoms with Crippen molar-refractivity contribution < 1.29 is 0 Å². The molecule has 0 bridgehead atoms. The predicted octanol–water partition coefficient (Wildman–Crippen LogP) is 5.42. The summed E-state index contributed by atoms with van der Waals surface area (Å²) in [5.41, 5.74) is 4.93. The third-order valence-corrected chi connectivity index (χ3v) is 4.76. The Bertz CT molecular complexity index is 608. The molecule has 1 unspecified atom stereocenters. The third-order valence-electron chi connectivity index (χ3n) is 3.45. The maximum Gasteiger partial charge on any atom is 0.0599 e. The fourth-order valence-electron chi connectivity index (χ4n) is 2.41. The average Bonchev–Trinajstić information content (AvgIpc) is 2.43. The third kappa shape index (κ3) is 3.25. The molecule has 1 atom stereocenters. The quantitative estimate of drug-likeness (QED) is 0.775. The standard InChI is InChI=1S/C17H19BrClN/c1-4-20-17(13-6-5-7-15(18)16(13)19)14-10-11(2)8-9-12(14)3/h5-10,17,20H,4H2,1-3H3. The summed E-state index contributed by atoms with van der Waals surface area (Å²) in [5, 5.41) is 4.32. The summed E-state index contributed by atoms with van der Waals surface area (Å²) < 4.78 is 0.935. The number of hydrogen-bond acceptors (Lipinski definition) is 1. The monoisotopic (exact) mass is 351 g/mol. The van der Waals surface area contributed by atoms with E-state index in [4.69, 9.17) is 11.6 Å². The fourth-order valence-corrected chi connectivity index (χ4v) is 3.02. The Morgan fingerprint density at radius 2 is 1.90 bits per heavy atom. The van der Waals surface area contributed by atoms with Gasteiger partial charge in [-0.1, -0.05) is 54.4 Å². The van der Waals surface area contributed by atoms with Gasteiger partial charge in [0, 0.05) is 4.47 Å². The van der Waals surface area contributed by atoms with Crippen LogP contribution >= 0.6 is 27.5 Å². The summed E-state index contributed by atoms with van der Waals surface area (Å²) in [6.45, 7) is 7.27. The second-order valence-electron chi connectivity index (χ2n) is 4.99. The van der Waals surface area contributed by atoms with E-state index in [1.54, 1.807) is 0 Å². The number of halogens is 2. The molecule has 2 aromatic rings. The molecule has 0 aliphatic heterocycles. The van der Waals surface area contributed by atoms with Crippen LogP contribution in [-0.2, 0) is 0 Å². The van der Waals surface area contributed by atoms with E-state index >= 15 is 0 Å². The minimum Gasteiger partial charge on any atom is -0.306 e. The van der Waals surface area contributed by atoms with E-state index in [0.717, 1.165) is 21.6 Å². The van der Waals surface area contributed by atoms with Gasteiger partial charge in [-0.15, -0.1) is 0 Å². The zero-order chi connectivity index (χ0) is 14.7. The highest BCUT2D eigenvalue weighted by Crippen LogP contribution is 2.34. The maximum absolute atomic E-state index is 6.48. The summed E-state index contributed by atoms with van der Waals surface area (Å²) in [6, 6.07) is 12.7. The number of rotatable bonds is 4. The molecule has 106 valence electrons. The first-order chi connectivity index (χ1) is 9.54. The SMILES string of the molecule is CCNC(c1cc(C)ccc1C)c1cccc(Br)c1Cl. The van der Waals surface area contributed by atoms with Crippen molar-refractivity contribution in [1.29, 1.82) is 0 Å². The van der Waals surface area contributed by atoms with Crippen molar-refractivity contribution in [1.82, 2.24) is 5.32 Å². The zero-order valence-corrected chi connectivity index (χ0v) is 14.3. The second kappa shape index (κ2) is 6.75. The summed E-state index contributed by atoms with van der Waals surface area (Å²) in [5.74, 6) is 0. The lowest BCUT2D eigenvalue weighted by atomic mass is 9.93. The lowest BCUT2D eigenvalue weighted by Gasteiger charge is -2.23. The number of benzene rings is 2. The summed E-state index contributed by atoms with van der Waals surface area (Å²) in [6.07, 6.45) is 0. The number of nitrogens with one attached hydrogen (secondary N) is 1. The summed E-state index contributed by atoms with van der Waals surface area (Å²) in [4.78, 5) is 0. The van der Waals surface area contributed by atoms with E-state index in [-0.39, 0.29) is 6.04 Å². The van der Waals surface area contributed by atoms with Gasteiger partial charge in [0.1, 0.15) is 0 Å². The first-order valence-electron chi connectivity index (χ1n) is 6.79. The molecule has 0 aliphatic carbocycles. The van der Waals surface area contributed by atoms with Crippen LogP contribution in [0.4, 0.5) is 0 Å². The van der Waals surface area contributed by atoms with Gasteiger partial charge in [-0.05, 0) is 59.1 Å². The Morgan fingerprint density at radius 1 is 1.15 bits per heavy atom. The van der Waals surface area contributed by atoms with Gasteiger partial charge in [-0.2, -0.15) is 0 Å². The molecule has 0 amide bonds. The van der Waals surface area contributed by atoms with Crippen LogP contribution in [0.25, 0.3) is 0 Å². The Kier molecular flexibility index (Phi) is 5.25. The van der Waals surface area contributed by atoms with Crippen molar-refractivity contribution in [2.75, 3.05) is 6.54 Å². The van der Waals surface area contributed by atoms with Crippen LogP contribution in [0.15, 0.2) is 40.9 Å². The molecule has 0 aliphatic rings. The van der Waals surface area contributed by atoms with Crippen LogP contribution in [0.1, 0.15) is 35.2 Å². The normalized spacial score (nSPS) is 12.4. The Morgan fingerprint density at radius 3 is 2.60 bits per heavy atom. The molecular formula is C17H19BrClN. The van der Waals surface area contributed by atoms with Gasteiger partial charge in [0.15, 0.2) is 0 Å². The van der Waals surface area contributed by atoms with Crippen molar-refractivity contribution in [2.45, 2.75) is 26.8 Å². The fraction of sp³-hybridized carbons (Fsp3) is 0.294. The average molecular weight is 353 g/mol. The van der Waals surface area contributed by atoms with Gasteiger partial charge in [-0.3, -0.25) is 0 Å². The smallest absolute Gasteiger partial charge is 0.0599 e. The summed E-state index contributed by atoms with van der Waals surface area (Å²) >= 11 is 9.99. The van der Waals surface area contributed by atoms with E-state index in [1.807, 2.05) is 12.1 Å². The van der Waals surface area contributed by atoms with E-state index in [0.29, 0.717) is 0 Å². The summed E-state index contributed by atoms with van der Waals surface area (Å²) in [7, 11) is 0. The molecule has 3 heteroatoms. The number of hydrogen-bond donors (Lipinski definition) is 1. The van der Waals surface area contributed by atoms with Gasteiger partial charge >= 0.3 is 0 Å². The molecule has 0 saturated carbocycles. The molecule has 0 spiro atoms. The molecule has 0 radical (unpaired) electrons. The lowest BCUT2D eigenvalue weighted by Crippen LogP contribution is -2.23. The van der Waals surface area contributed by atoms with Crippen molar-refractivity contribution in [2.24, 2.45) is 0 Å². The van der Waals surface area contributed by atoms with Gasteiger partial charge in [-0.25, -0.2) is 0 Å². The first kappa shape index (κ1) is 15.6. The molecule has 2 rings (SSSR count). The van der Waals surface area contributed by atoms with Gasteiger partial charge in [0.25, 0.3) is 0 Å². The molecule has 0 saturated heterocycles. The van der Waals surface area contributed by atoms with Crippen LogP contribution in [-0.4, -0.2) is 6.54 Å². The predicted molar refractivity (Wildman–Crippen MR) is 90.6 cm³/mol. The molecule has 1 N–H and O–H groups in total. The van der Waals surface area contributed by atoms with Crippen LogP contribution in [0.2, 0.25) is 5.02 Å². The van der Waals surface area contributed by atoms with Crippen LogP contribution in [0.3, 0.4) is 0 Å². The molecule has 0 heterocycles. The highest BCUT2D eigenvalue weighted by atomic mass is 79.9. The first-order valence-corrected chi connectivity index (χ1v) is 7.96. The minimum atomic E-state index is 0.116. The van der Waals surface area contributed by atoms with Crippen molar-refractivity contribution in [3.63, 3.8) is 0 Å². The van der Waals surface area contributed by atoms with Crippen molar-refractivity contribution in [3.8, 4) is 0 Å². The van der Waals surface area contributed by atoms with Crippen molar-refractivity contribution >= 4 is 27.5 Å². The zero-order valence-electron chi connectivity index (χ0n) is 12.0. The van der Waals surface area contributed by atoms with E-state index in [9.17, 15) is 0 Å². The number of aryl methyl sites for hydroxylation is 2. The molecule has 2 aromatic carbocycles. The molecule has 0 aromatic heterocycles. The molecular weight excluding hydrogens is 334 g/mol. The molecule has 0 fully saturated rings. The Labute approximate surface area is 134 Å². The highest BCUT2D eigenvalue weighted by Gasteiger charge is 2.19. The Balaban J connectivity index is 2.56. The second-order valence-corrected chi connectivity index (χ2v) is 6.23. The van der Waals surface area contributed by atoms with Gasteiger partial charge in [0.05, 0.1) is 11.1 Å². The lowest BCUT2D eigenvalue weighted by molar-refractivity contribution is 0.627. The highest BCUT2D eigenvalue weighted by molar-refractivity contribution is 9.10. The largest absolute Gasteiger partial charge is 0.306 e. The topological polar surface area (TPSA) is 12.0 Å². The van der Waals surface area contributed by atoms with E-state index in [2.05, 4.69) is 66.3 Å². The van der Waals surface area contributed by atoms with Gasteiger partial charge < -0.3 is 5.32 Å². The van der Waals surface area contributed by atoms with Crippen LogP contribution in [0, 0.1) is 13.8 Å². The molecule has 1 nitrogen and oxygen atoms in total. The van der Waals surface area contributed by atoms with Crippen LogP contribution < -0.4 is 5.32 Å². The minimum absolute atomic E-state index is 0.116. The molecule has 20 heavy (non-hydrogen) atoms. The van der Waals surface area contributed by atoms with Crippen LogP contribution in [0.5, 0.6) is 0 Å². The van der Waals surface area contributed by atoms with E-state index < -0.39 is 0 Å². The van der Waals surface area contributed by atoms with Gasteiger partial charge in [0.2, 0.25) is 0 Å².